The van der Waals surface area contributed by atoms with Crippen LogP contribution in [-0.4, -0.2) is 49.8 Å². The van der Waals surface area contributed by atoms with E-state index in [1.54, 1.807) is 0 Å². The standard InChI is InChI=1S/C9H11N3O3S/c13-8(14)7-1-2-10-9(11-7)12-3-5-16(15)6-4-12/h1-2H,3-6H2,(H,13,14). The number of rotatable bonds is 2. The highest BCUT2D eigenvalue weighted by Gasteiger charge is 2.18. The van der Waals surface area contributed by atoms with Crippen LogP contribution in [0.25, 0.3) is 0 Å². The van der Waals surface area contributed by atoms with Crippen molar-refractivity contribution in [1.29, 1.82) is 0 Å². The lowest BCUT2D eigenvalue weighted by atomic mass is 10.4. The molecule has 0 atom stereocenters. The summed E-state index contributed by atoms with van der Waals surface area (Å²) in [5.74, 6) is 0.502. The Hall–Kier alpha value is -1.50. The molecule has 0 bridgehead atoms. The summed E-state index contributed by atoms with van der Waals surface area (Å²) in [6.45, 7) is 1.21. The summed E-state index contributed by atoms with van der Waals surface area (Å²) in [4.78, 5) is 20.5. The van der Waals surface area contributed by atoms with Gasteiger partial charge >= 0.3 is 5.97 Å². The van der Waals surface area contributed by atoms with E-state index in [0.717, 1.165) is 0 Å². The van der Waals surface area contributed by atoms with Gasteiger partial charge in [-0.1, -0.05) is 0 Å². The van der Waals surface area contributed by atoms with Gasteiger partial charge in [-0.05, 0) is 6.07 Å². The molecule has 0 radical (unpaired) electrons. The average molecular weight is 241 g/mol. The van der Waals surface area contributed by atoms with Gasteiger partial charge in [-0.25, -0.2) is 14.8 Å². The highest BCUT2D eigenvalue weighted by atomic mass is 32.2. The van der Waals surface area contributed by atoms with E-state index < -0.39 is 16.8 Å². The lowest BCUT2D eigenvalue weighted by Crippen LogP contribution is -2.38. The number of aromatic nitrogens is 2. The third-order valence-electron chi connectivity index (χ3n) is 2.32. The number of carboxylic acids is 1. The molecule has 2 rings (SSSR count). The van der Waals surface area contributed by atoms with E-state index in [1.807, 2.05) is 4.90 Å². The SMILES string of the molecule is O=C(O)c1ccnc(N2CCS(=O)CC2)n1. The predicted molar refractivity (Wildman–Crippen MR) is 59.1 cm³/mol. The minimum atomic E-state index is -1.07. The highest BCUT2D eigenvalue weighted by molar-refractivity contribution is 7.85. The third kappa shape index (κ3) is 2.35. The first-order valence-electron chi connectivity index (χ1n) is 4.83. The van der Waals surface area contributed by atoms with Crippen LogP contribution >= 0.6 is 0 Å². The zero-order chi connectivity index (χ0) is 11.5. The molecular weight excluding hydrogens is 230 g/mol. The Morgan fingerprint density at radius 3 is 2.75 bits per heavy atom. The van der Waals surface area contributed by atoms with Crippen molar-refractivity contribution in [3.63, 3.8) is 0 Å². The summed E-state index contributed by atoms with van der Waals surface area (Å²) >= 11 is 0. The Bertz CT molecular complexity index is 428. The number of aromatic carboxylic acids is 1. The van der Waals surface area contributed by atoms with Crippen molar-refractivity contribution < 1.29 is 14.1 Å². The monoisotopic (exact) mass is 241 g/mol. The van der Waals surface area contributed by atoms with Gasteiger partial charge in [-0.3, -0.25) is 4.21 Å². The molecule has 16 heavy (non-hydrogen) atoms. The van der Waals surface area contributed by atoms with Crippen LogP contribution in [0.4, 0.5) is 5.95 Å². The molecule has 0 saturated carbocycles. The molecule has 1 N–H and O–H groups in total. The van der Waals surface area contributed by atoms with Crippen molar-refractivity contribution in [2.24, 2.45) is 0 Å². The zero-order valence-electron chi connectivity index (χ0n) is 8.50. The Balaban J connectivity index is 2.17. The van der Waals surface area contributed by atoms with Gasteiger partial charge in [0, 0.05) is 41.6 Å². The van der Waals surface area contributed by atoms with Crippen molar-refractivity contribution in [3.8, 4) is 0 Å². The van der Waals surface area contributed by atoms with Crippen LogP contribution in [0.3, 0.4) is 0 Å². The maximum atomic E-state index is 11.2. The van der Waals surface area contributed by atoms with Gasteiger partial charge in [0.25, 0.3) is 0 Å². The number of carbonyl (C=O) groups is 1. The molecule has 2 heterocycles. The molecule has 0 spiro atoms. The van der Waals surface area contributed by atoms with E-state index in [2.05, 4.69) is 9.97 Å². The molecule has 0 unspecified atom stereocenters. The first kappa shape index (κ1) is 11.0. The topological polar surface area (TPSA) is 83.4 Å². The summed E-state index contributed by atoms with van der Waals surface area (Å²) < 4.78 is 11.2. The molecule has 7 heteroatoms. The maximum Gasteiger partial charge on any atom is 0.354 e. The molecule has 1 fully saturated rings. The minimum Gasteiger partial charge on any atom is -0.477 e. The zero-order valence-corrected chi connectivity index (χ0v) is 9.31. The van der Waals surface area contributed by atoms with Gasteiger partial charge in [0.2, 0.25) is 5.95 Å². The first-order valence-corrected chi connectivity index (χ1v) is 6.32. The molecular formula is C9H11N3O3S. The molecule has 1 saturated heterocycles. The van der Waals surface area contributed by atoms with Crippen LogP contribution in [0.15, 0.2) is 12.3 Å². The summed E-state index contributed by atoms with van der Waals surface area (Å²) in [7, 11) is -0.762. The van der Waals surface area contributed by atoms with Crippen molar-refractivity contribution in [2.75, 3.05) is 29.5 Å². The van der Waals surface area contributed by atoms with Crippen LogP contribution in [0.1, 0.15) is 10.5 Å². The molecule has 0 aromatic carbocycles. The van der Waals surface area contributed by atoms with Gasteiger partial charge in [0.1, 0.15) is 0 Å². The molecule has 1 aliphatic heterocycles. The van der Waals surface area contributed by atoms with Crippen LogP contribution in [0, 0.1) is 0 Å². The summed E-state index contributed by atoms with van der Waals surface area (Å²) in [5.41, 5.74) is -0.0169. The summed E-state index contributed by atoms with van der Waals surface area (Å²) in [6.07, 6.45) is 1.43. The Morgan fingerprint density at radius 2 is 2.12 bits per heavy atom. The fraction of sp³-hybridized carbons (Fsp3) is 0.444. The average Bonchev–Trinajstić information content (AvgIpc) is 2.30. The van der Waals surface area contributed by atoms with Gasteiger partial charge in [0.15, 0.2) is 5.69 Å². The van der Waals surface area contributed by atoms with Gasteiger partial charge in [-0.15, -0.1) is 0 Å². The van der Waals surface area contributed by atoms with E-state index in [4.69, 9.17) is 5.11 Å². The van der Waals surface area contributed by atoms with Gasteiger partial charge in [0.05, 0.1) is 0 Å². The lowest BCUT2D eigenvalue weighted by molar-refractivity contribution is 0.0690. The predicted octanol–water partition coefficient (Wildman–Crippen LogP) is -0.256. The van der Waals surface area contributed by atoms with Crippen molar-refractivity contribution in [1.82, 2.24) is 9.97 Å². The number of hydrogen-bond acceptors (Lipinski definition) is 5. The van der Waals surface area contributed by atoms with Crippen molar-refractivity contribution in [3.05, 3.63) is 18.0 Å². The van der Waals surface area contributed by atoms with Crippen molar-refractivity contribution in [2.45, 2.75) is 0 Å². The molecule has 0 amide bonds. The lowest BCUT2D eigenvalue weighted by Gasteiger charge is -2.26. The fourth-order valence-electron chi connectivity index (χ4n) is 1.46. The second-order valence-electron chi connectivity index (χ2n) is 3.38. The largest absolute Gasteiger partial charge is 0.477 e. The van der Waals surface area contributed by atoms with E-state index in [-0.39, 0.29) is 5.69 Å². The maximum absolute atomic E-state index is 11.2. The van der Waals surface area contributed by atoms with E-state index in [0.29, 0.717) is 30.5 Å². The number of anilines is 1. The molecule has 1 aromatic heterocycles. The molecule has 86 valence electrons. The van der Waals surface area contributed by atoms with Gasteiger partial charge < -0.3 is 10.0 Å². The number of carboxylic acid groups (broad SMARTS) is 1. The third-order valence-corrected chi connectivity index (χ3v) is 3.60. The molecule has 0 aliphatic carbocycles. The molecule has 1 aromatic rings. The fourth-order valence-corrected chi connectivity index (χ4v) is 2.51. The smallest absolute Gasteiger partial charge is 0.354 e. The highest BCUT2D eigenvalue weighted by Crippen LogP contribution is 2.10. The van der Waals surface area contributed by atoms with E-state index in [9.17, 15) is 9.00 Å². The van der Waals surface area contributed by atoms with Crippen LogP contribution in [-0.2, 0) is 10.8 Å². The quantitative estimate of drug-likeness (QED) is 0.768. The summed E-state index contributed by atoms with van der Waals surface area (Å²) in [5, 5.41) is 8.79. The second kappa shape index (κ2) is 4.56. The molecule has 6 nitrogen and oxygen atoms in total. The Morgan fingerprint density at radius 1 is 1.44 bits per heavy atom. The Kier molecular flexibility index (Phi) is 3.14. The summed E-state index contributed by atoms with van der Waals surface area (Å²) in [6, 6.07) is 1.36. The van der Waals surface area contributed by atoms with Gasteiger partial charge in [-0.2, -0.15) is 0 Å². The number of hydrogen-bond donors (Lipinski definition) is 1. The molecule has 1 aliphatic rings. The second-order valence-corrected chi connectivity index (χ2v) is 5.08. The number of nitrogens with zero attached hydrogens (tertiary/aromatic N) is 3. The van der Waals surface area contributed by atoms with E-state index >= 15 is 0 Å². The normalized spacial score (nSPS) is 17.4. The van der Waals surface area contributed by atoms with Crippen molar-refractivity contribution >= 4 is 22.7 Å². The van der Waals surface area contributed by atoms with Crippen LogP contribution < -0.4 is 4.90 Å². The Labute approximate surface area is 94.8 Å². The van der Waals surface area contributed by atoms with E-state index in [1.165, 1.54) is 12.3 Å². The van der Waals surface area contributed by atoms with Crippen LogP contribution in [0.5, 0.6) is 0 Å². The minimum absolute atomic E-state index is 0.0169. The van der Waals surface area contributed by atoms with Crippen LogP contribution in [0.2, 0.25) is 0 Å². The first-order chi connectivity index (χ1) is 7.66.